The zero-order valence-corrected chi connectivity index (χ0v) is 16.9. The Hall–Kier alpha value is -2.13. The quantitative estimate of drug-likeness (QED) is 0.142. The molecule has 0 amide bonds. The van der Waals surface area contributed by atoms with Crippen molar-refractivity contribution in [3.63, 3.8) is 0 Å². The normalized spacial score (nSPS) is 13.4. The minimum Gasteiger partial charge on any atom is -0.505 e. The van der Waals surface area contributed by atoms with Crippen LogP contribution < -0.4 is 0 Å². The molecule has 0 aromatic heterocycles. The minimum absolute atomic E-state index is 0. The maximum Gasteiger partial charge on any atom is 0.152 e. The third-order valence-electron chi connectivity index (χ3n) is 4.85. The van der Waals surface area contributed by atoms with E-state index in [9.17, 15) is 10.2 Å². The van der Waals surface area contributed by atoms with E-state index in [1.807, 2.05) is 18.2 Å². The van der Waals surface area contributed by atoms with Gasteiger partial charge in [0.15, 0.2) is 5.75 Å². The first-order valence-corrected chi connectivity index (χ1v) is 9.58. The molecular weight excluding hydrogens is 444 g/mol. The molecule has 155 valence electrons. The van der Waals surface area contributed by atoms with Crippen LogP contribution in [0.15, 0.2) is 57.6 Å². The van der Waals surface area contributed by atoms with E-state index < -0.39 is 0 Å². The van der Waals surface area contributed by atoms with Gasteiger partial charge in [-0.3, -0.25) is 0 Å². The molecule has 0 spiro atoms. The molecule has 0 bridgehead atoms. The molecule has 0 unspecified atom stereocenters. The molecule has 29 heavy (non-hydrogen) atoms. The second kappa shape index (κ2) is 9.58. The Balaban J connectivity index is 0.00000240. The van der Waals surface area contributed by atoms with E-state index >= 15 is 0 Å². The fourth-order valence-corrected chi connectivity index (χ4v) is 3.98. The number of phenolic OH excluding ortho intramolecular Hbond substituents is 2. The summed E-state index contributed by atoms with van der Waals surface area (Å²) in [7, 11) is 0. The van der Waals surface area contributed by atoms with Crippen LogP contribution in [-0.2, 0) is 39.3 Å². The Morgan fingerprint density at radius 1 is 0.931 bits per heavy atom. The summed E-state index contributed by atoms with van der Waals surface area (Å²) in [4.78, 5) is 0.395. The van der Waals surface area contributed by atoms with Gasteiger partial charge >= 0.3 is 0 Å². The predicted molar refractivity (Wildman–Crippen MR) is 105 cm³/mol. The standard InChI is InChI=1S/C20H18N2O5S.Cu/c23-19-14-7-3-1-5-12(14)9-10-16(19)21-22-18-17(28-27-26-25)11-13-6-2-4-8-15(13)20(18)24;/h2,4,6,8-11,23-25H,1,3,5,7H2;. The monoisotopic (exact) mass is 461 g/mol. The molecule has 0 aliphatic heterocycles. The summed E-state index contributed by atoms with van der Waals surface area (Å²) < 4.78 is 4.52. The van der Waals surface area contributed by atoms with Crippen molar-refractivity contribution in [3.8, 4) is 11.5 Å². The fourth-order valence-electron chi connectivity index (χ4n) is 3.49. The number of aryl methyl sites for hydroxylation is 1. The van der Waals surface area contributed by atoms with E-state index in [4.69, 9.17) is 5.26 Å². The molecule has 1 radical (unpaired) electrons. The average molecular weight is 462 g/mol. The smallest absolute Gasteiger partial charge is 0.152 e. The van der Waals surface area contributed by atoms with Crippen molar-refractivity contribution in [2.75, 3.05) is 0 Å². The summed E-state index contributed by atoms with van der Waals surface area (Å²) in [5.41, 5.74) is 2.54. The number of hydrogen-bond donors (Lipinski definition) is 3. The fraction of sp³-hybridized carbons (Fsp3) is 0.200. The van der Waals surface area contributed by atoms with E-state index in [2.05, 4.69) is 19.6 Å². The van der Waals surface area contributed by atoms with Gasteiger partial charge in [-0.1, -0.05) is 35.4 Å². The van der Waals surface area contributed by atoms with Gasteiger partial charge in [-0.15, -0.1) is 14.6 Å². The number of hydrogen-bond acceptors (Lipinski definition) is 8. The first kappa shape index (κ1) is 21.6. The molecule has 3 aromatic rings. The Labute approximate surface area is 181 Å². The number of benzene rings is 3. The van der Waals surface area contributed by atoms with Crippen molar-refractivity contribution in [1.29, 1.82) is 0 Å². The van der Waals surface area contributed by atoms with Gasteiger partial charge in [0.25, 0.3) is 0 Å². The molecule has 0 fully saturated rings. The Morgan fingerprint density at radius 2 is 1.72 bits per heavy atom. The zero-order valence-electron chi connectivity index (χ0n) is 15.1. The van der Waals surface area contributed by atoms with Gasteiger partial charge in [0.2, 0.25) is 0 Å². The zero-order chi connectivity index (χ0) is 19.5. The number of azo groups is 1. The number of rotatable bonds is 5. The first-order chi connectivity index (χ1) is 13.7. The SMILES string of the molecule is OOOSc1cc2ccccc2c(O)c1N=Nc1ccc2c(c1O)CCCC2.[Cu]. The van der Waals surface area contributed by atoms with Gasteiger partial charge in [0.1, 0.15) is 17.1 Å². The van der Waals surface area contributed by atoms with Crippen LogP contribution in [0.3, 0.4) is 0 Å². The van der Waals surface area contributed by atoms with Crippen LogP contribution in [0, 0.1) is 0 Å². The van der Waals surface area contributed by atoms with Crippen LogP contribution in [0.25, 0.3) is 10.8 Å². The third-order valence-corrected chi connectivity index (χ3v) is 5.47. The van der Waals surface area contributed by atoms with Crippen LogP contribution in [0.4, 0.5) is 11.4 Å². The van der Waals surface area contributed by atoms with Crippen molar-refractivity contribution < 1.29 is 41.9 Å². The van der Waals surface area contributed by atoms with Gasteiger partial charge < -0.3 is 10.2 Å². The molecule has 4 rings (SSSR count). The van der Waals surface area contributed by atoms with Crippen LogP contribution in [-0.4, -0.2) is 15.5 Å². The van der Waals surface area contributed by atoms with Crippen molar-refractivity contribution >= 4 is 34.2 Å². The topological polar surface area (TPSA) is 104 Å². The summed E-state index contributed by atoms with van der Waals surface area (Å²) in [5.74, 6) is 0.0497. The number of phenols is 2. The minimum atomic E-state index is -0.0802. The van der Waals surface area contributed by atoms with Gasteiger partial charge in [0.05, 0.1) is 16.9 Å². The third kappa shape index (κ3) is 4.40. The van der Waals surface area contributed by atoms with Crippen molar-refractivity contribution in [2.45, 2.75) is 30.6 Å². The number of aromatic hydroxyl groups is 2. The molecule has 0 saturated heterocycles. The van der Waals surface area contributed by atoms with Crippen LogP contribution in [0.2, 0.25) is 0 Å². The van der Waals surface area contributed by atoms with E-state index in [1.165, 1.54) is 0 Å². The largest absolute Gasteiger partial charge is 0.505 e. The first-order valence-electron chi connectivity index (χ1n) is 8.84. The molecule has 0 heterocycles. The van der Waals surface area contributed by atoms with Crippen molar-refractivity contribution in [3.05, 3.63) is 53.6 Å². The van der Waals surface area contributed by atoms with Crippen LogP contribution in [0.5, 0.6) is 11.5 Å². The molecule has 1 aliphatic rings. The summed E-state index contributed by atoms with van der Waals surface area (Å²) in [6.07, 6.45) is 3.91. The van der Waals surface area contributed by atoms with E-state index in [0.29, 0.717) is 28.0 Å². The average Bonchev–Trinajstić information content (AvgIpc) is 2.73. The van der Waals surface area contributed by atoms with Gasteiger partial charge in [-0.05, 0) is 54.3 Å². The Kier molecular flexibility index (Phi) is 7.13. The Bertz CT molecular complexity index is 1060. The van der Waals surface area contributed by atoms with Crippen LogP contribution >= 0.6 is 12.0 Å². The van der Waals surface area contributed by atoms with Gasteiger partial charge in [-0.25, -0.2) is 5.26 Å². The summed E-state index contributed by atoms with van der Waals surface area (Å²) in [6, 6.07) is 12.7. The second-order valence-corrected chi connectivity index (χ2v) is 7.24. The summed E-state index contributed by atoms with van der Waals surface area (Å²) in [6.45, 7) is 0. The molecule has 9 heteroatoms. The second-order valence-electron chi connectivity index (χ2n) is 6.50. The van der Waals surface area contributed by atoms with Crippen LogP contribution in [0.1, 0.15) is 24.0 Å². The molecule has 3 N–H and O–H groups in total. The number of fused-ring (bicyclic) bond motifs is 2. The van der Waals surface area contributed by atoms with E-state index in [-0.39, 0.29) is 34.3 Å². The Morgan fingerprint density at radius 3 is 2.55 bits per heavy atom. The number of nitrogens with zero attached hydrogens (tertiary/aromatic N) is 2. The van der Waals surface area contributed by atoms with E-state index in [0.717, 1.165) is 42.2 Å². The maximum atomic E-state index is 10.7. The molecule has 7 nitrogen and oxygen atoms in total. The maximum absolute atomic E-state index is 10.7. The summed E-state index contributed by atoms with van der Waals surface area (Å²) >= 11 is 0.690. The predicted octanol–water partition coefficient (Wildman–Crippen LogP) is 5.97. The molecule has 1 aliphatic carbocycles. The van der Waals surface area contributed by atoms with Gasteiger partial charge in [0, 0.05) is 22.5 Å². The van der Waals surface area contributed by atoms with Gasteiger partial charge in [-0.2, -0.15) is 0 Å². The molecule has 0 atom stereocenters. The molecule has 0 saturated carbocycles. The van der Waals surface area contributed by atoms with Crippen molar-refractivity contribution in [2.24, 2.45) is 10.2 Å². The van der Waals surface area contributed by atoms with E-state index in [1.54, 1.807) is 24.3 Å². The molecule has 3 aromatic carbocycles. The summed E-state index contributed by atoms with van der Waals surface area (Å²) in [5, 5.41) is 43.1. The molecular formula is C20H18CuN2O5S. The van der Waals surface area contributed by atoms with Crippen molar-refractivity contribution in [1.82, 2.24) is 0 Å².